The van der Waals surface area contributed by atoms with Gasteiger partial charge in [-0.15, -0.1) is 16.7 Å². The van der Waals surface area contributed by atoms with Crippen molar-refractivity contribution < 1.29 is 9.53 Å². The summed E-state index contributed by atoms with van der Waals surface area (Å²) in [5.41, 5.74) is 1.24. The molecule has 0 unspecified atom stereocenters. The molecule has 0 bridgehead atoms. The van der Waals surface area contributed by atoms with Crippen molar-refractivity contribution in [1.29, 1.82) is 0 Å². The molecule has 1 fully saturated rings. The quantitative estimate of drug-likeness (QED) is 0.275. The minimum Gasteiger partial charge on any atom is -0.482 e. The van der Waals surface area contributed by atoms with Gasteiger partial charge in [-0.05, 0) is 36.5 Å². The second-order valence-corrected chi connectivity index (χ2v) is 5.39. The molecule has 108 valence electrons. The maximum Gasteiger partial charge on any atom is 0.230 e. The lowest BCUT2D eigenvalue weighted by atomic mass is 9.76. The molecule has 1 aliphatic rings. The fraction of sp³-hybridized carbons (Fsp3) is 0.429. The van der Waals surface area contributed by atoms with E-state index in [0.717, 1.165) is 17.9 Å². The van der Waals surface area contributed by atoms with Crippen LogP contribution in [0.2, 0.25) is 5.02 Å². The number of rotatable bonds is 5. The molecule has 2 rings (SSSR count). The van der Waals surface area contributed by atoms with Crippen LogP contribution in [-0.2, 0) is 9.53 Å². The van der Waals surface area contributed by atoms with E-state index in [-0.39, 0.29) is 11.9 Å². The minimum atomic E-state index is 0.0987. The van der Waals surface area contributed by atoms with Gasteiger partial charge in [0.05, 0.1) is 13.2 Å². The molecule has 0 N–H and O–H groups in total. The molecular formula is C14H16Cl2N2O2. The van der Waals surface area contributed by atoms with E-state index in [0.29, 0.717) is 18.2 Å². The summed E-state index contributed by atoms with van der Waals surface area (Å²) in [4.78, 5) is 11.1. The number of amides is 1. The van der Waals surface area contributed by atoms with E-state index in [1.54, 1.807) is 0 Å². The van der Waals surface area contributed by atoms with Gasteiger partial charge in [-0.2, -0.15) is 0 Å². The molecule has 1 amide bonds. The van der Waals surface area contributed by atoms with Gasteiger partial charge < -0.3 is 4.74 Å². The van der Waals surface area contributed by atoms with Crippen LogP contribution in [-0.4, -0.2) is 36.3 Å². The second kappa shape index (κ2) is 6.95. The Morgan fingerprint density at radius 1 is 1.45 bits per heavy atom. The Balaban J connectivity index is 1.95. The standard InChI is InChI=1S/C14H16Cl2N2O2/c1-20-14(8-15)17-18(9-19)13-6-11(7-13)10-2-4-12(16)5-3-10/h2-5,9,11,13H,6-8H2,1H3/b17-14-. The van der Waals surface area contributed by atoms with Gasteiger partial charge in [-0.1, -0.05) is 23.7 Å². The van der Waals surface area contributed by atoms with Crippen molar-refractivity contribution in [3.05, 3.63) is 34.9 Å². The molecule has 0 saturated heterocycles. The van der Waals surface area contributed by atoms with E-state index >= 15 is 0 Å². The number of methoxy groups -OCH3 is 1. The Morgan fingerprint density at radius 3 is 2.60 bits per heavy atom. The second-order valence-electron chi connectivity index (χ2n) is 4.69. The Kier molecular flexibility index (Phi) is 5.26. The molecule has 0 atom stereocenters. The number of halogens is 2. The number of alkyl halides is 1. The van der Waals surface area contributed by atoms with Crippen molar-refractivity contribution in [1.82, 2.24) is 5.01 Å². The minimum absolute atomic E-state index is 0.0987. The topological polar surface area (TPSA) is 41.9 Å². The van der Waals surface area contributed by atoms with Crippen LogP contribution in [0.5, 0.6) is 0 Å². The lowest BCUT2D eigenvalue weighted by Crippen LogP contribution is -2.41. The molecule has 0 spiro atoms. The molecule has 0 radical (unpaired) electrons. The highest BCUT2D eigenvalue weighted by Gasteiger charge is 2.34. The van der Waals surface area contributed by atoms with Gasteiger partial charge in [0, 0.05) is 5.02 Å². The molecule has 0 heterocycles. The van der Waals surface area contributed by atoms with E-state index in [9.17, 15) is 4.79 Å². The van der Waals surface area contributed by atoms with E-state index in [1.807, 2.05) is 24.3 Å². The molecule has 0 aliphatic heterocycles. The Bertz CT molecular complexity index is 478. The van der Waals surface area contributed by atoms with Crippen molar-refractivity contribution in [3.63, 3.8) is 0 Å². The number of nitrogens with zero attached hydrogens (tertiary/aromatic N) is 2. The van der Waals surface area contributed by atoms with Gasteiger partial charge in [-0.25, -0.2) is 5.01 Å². The summed E-state index contributed by atoms with van der Waals surface area (Å²) in [5, 5.41) is 6.23. The van der Waals surface area contributed by atoms with Crippen LogP contribution in [0.3, 0.4) is 0 Å². The van der Waals surface area contributed by atoms with Gasteiger partial charge in [0.2, 0.25) is 12.3 Å². The third-order valence-electron chi connectivity index (χ3n) is 3.51. The maximum atomic E-state index is 11.1. The first kappa shape index (κ1) is 15.1. The summed E-state index contributed by atoms with van der Waals surface area (Å²) in [6.07, 6.45) is 2.47. The average Bonchev–Trinajstić information content (AvgIpc) is 2.43. The Labute approximate surface area is 128 Å². The number of benzene rings is 1. The van der Waals surface area contributed by atoms with Crippen LogP contribution in [0.4, 0.5) is 0 Å². The predicted octanol–water partition coefficient (Wildman–Crippen LogP) is 3.24. The van der Waals surface area contributed by atoms with E-state index in [4.69, 9.17) is 27.9 Å². The number of hydrogen-bond donors (Lipinski definition) is 0. The van der Waals surface area contributed by atoms with Gasteiger partial charge >= 0.3 is 0 Å². The largest absolute Gasteiger partial charge is 0.482 e. The van der Waals surface area contributed by atoms with E-state index < -0.39 is 0 Å². The van der Waals surface area contributed by atoms with Crippen molar-refractivity contribution >= 4 is 35.5 Å². The monoisotopic (exact) mass is 314 g/mol. The SMILES string of the molecule is CO/C(CCl)=N\N(C=O)C1CC(c2ccc(Cl)cc2)C1. The van der Waals surface area contributed by atoms with Crippen LogP contribution >= 0.6 is 23.2 Å². The highest BCUT2D eigenvalue weighted by molar-refractivity contribution is 6.30. The number of hydrazone groups is 1. The summed E-state index contributed by atoms with van der Waals surface area (Å²) in [6, 6.07) is 7.92. The first-order chi connectivity index (χ1) is 9.67. The number of carbonyl (C=O) groups is 1. The van der Waals surface area contributed by atoms with E-state index in [1.165, 1.54) is 17.7 Å². The fourth-order valence-corrected chi connectivity index (χ4v) is 2.54. The molecule has 20 heavy (non-hydrogen) atoms. The zero-order valence-electron chi connectivity index (χ0n) is 11.1. The third kappa shape index (κ3) is 3.44. The van der Waals surface area contributed by atoms with Gasteiger partial charge in [0.15, 0.2) is 0 Å². The van der Waals surface area contributed by atoms with Crippen LogP contribution in [0, 0.1) is 0 Å². The van der Waals surface area contributed by atoms with Gasteiger partial charge in [0.25, 0.3) is 0 Å². The van der Waals surface area contributed by atoms with Gasteiger partial charge in [-0.3, -0.25) is 4.79 Å². The lowest BCUT2D eigenvalue weighted by Gasteiger charge is -2.39. The summed E-state index contributed by atoms with van der Waals surface area (Å²) in [6.45, 7) is 0. The fourth-order valence-electron chi connectivity index (χ4n) is 2.25. The number of carbonyl (C=O) groups excluding carboxylic acids is 1. The zero-order valence-corrected chi connectivity index (χ0v) is 12.6. The van der Waals surface area contributed by atoms with Crippen molar-refractivity contribution in [2.45, 2.75) is 24.8 Å². The predicted molar refractivity (Wildman–Crippen MR) is 80.3 cm³/mol. The smallest absolute Gasteiger partial charge is 0.230 e. The Hall–Kier alpha value is -1.26. The zero-order chi connectivity index (χ0) is 14.5. The van der Waals surface area contributed by atoms with Gasteiger partial charge in [0.1, 0.15) is 5.88 Å². The van der Waals surface area contributed by atoms with Crippen LogP contribution < -0.4 is 0 Å². The number of hydrogen-bond acceptors (Lipinski definition) is 3. The van der Waals surface area contributed by atoms with Crippen molar-refractivity contribution in [3.8, 4) is 0 Å². The summed E-state index contributed by atoms with van der Waals surface area (Å²) in [5.74, 6) is 0.930. The summed E-state index contributed by atoms with van der Waals surface area (Å²) in [7, 11) is 1.49. The molecule has 1 aromatic rings. The summed E-state index contributed by atoms with van der Waals surface area (Å²) >= 11 is 11.5. The highest BCUT2D eigenvalue weighted by atomic mass is 35.5. The Morgan fingerprint density at radius 2 is 2.10 bits per heavy atom. The number of ether oxygens (including phenoxy) is 1. The highest BCUT2D eigenvalue weighted by Crippen LogP contribution is 2.39. The molecule has 1 aliphatic carbocycles. The summed E-state index contributed by atoms with van der Waals surface area (Å²) < 4.78 is 4.98. The molecular weight excluding hydrogens is 299 g/mol. The first-order valence-electron chi connectivity index (χ1n) is 6.34. The molecule has 1 aromatic carbocycles. The van der Waals surface area contributed by atoms with Crippen molar-refractivity contribution in [2.24, 2.45) is 5.10 Å². The maximum absolute atomic E-state index is 11.1. The van der Waals surface area contributed by atoms with Crippen LogP contribution in [0.15, 0.2) is 29.4 Å². The van der Waals surface area contributed by atoms with Crippen molar-refractivity contribution in [2.75, 3.05) is 13.0 Å². The molecule has 6 heteroatoms. The average molecular weight is 315 g/mol. The molecule has 0 aromatic heterocycles. The lowest BCUT2D eigenvalue weighted by molar-refractivity contribution is -0.122. The van der Waals surface area contributed by atoms with E-state index in [2.05, 4.69) is 5.10 Å². The normalized spacial score (nSPS) is 22.1. The van der Waals surface area contributed by atoms with Crippen LogP contribution in [0.1, 0.15) is 24.3 Å². The molecule has 4 nitrogen and oxygen atoms in total. The first-order valence-corrected chi connectivity index (χ1v) is 7.25. The molecule has 1 saturated carbocycles. The van der Waals surface area contributed by atoms with Crippen LogP contribution in [0.25, 0.3) is 0 Å². The third-order valence-corrected chi connectivity index (χ3v) is 3.99.